The van der Waals surface area contributed by atoms with E-state index in [0.717, 1.165) is 0 Å². The molecule has 2 N–H and O–H groups in total. The second kappa shape index (κ2) is 8.72. The average molecular weight is 451 g/mol. The minimum atomic E-state index is -3.76. The molecule has 1 heterocycles. The molecule has 1 saturated heterocycles. The average Bonchev–Trinajstić information content (AvgIpc) is 3.25. The maximum absolute atomic E-state index is 12.9. The lowest BCUT2D eigenvalue weighted by atomic mass is 10.2. The van der Waals surface area contributed by atoms with Crippen LogP contribution in [0.5, 0.6) is 0 Å². The molecular weight excluding hydrogens is 428 g/mol. The van der Waals surface area contributed by atoms with Gasteiger partial charge in [-0.25, -0.2) is 13.2 Å². The summed E-state index contributed by atoms with van der Waals surface area (Å²) in [6.07, 6.45) is 0. The van der Waals surface area contributed by atoms with E-state index >= 15 is 0 Å². The normalized spacial score (nSPS) is 13.5. The lowest BCUT2D eigenvalue weighted by Gasteiger charge is -2.19. The van der Waals surface area contributed by atoms with Gasteiger partial charge in [-0.05, 0) is 54.6 Å². The Kier molecular flexibility index (Phi) is 5.83. The molecule has 164 valence electrons. The van der Waals surface area contributed by atoms with E-state index in [-0.39, 0.29) is 16.8 Å². The Balaban J connectivity index is 1.49. The Morgan fingerprint density at radius 2 is 1.72 bits per heavy atom. The lowest BCUT2D eigenvalue weighted by molar-refractivity contribution is 0.102. The van der Waals surface area contributed by atoms with Crippen molar-refractivity contribution >= 4 is 39.0 Å². The number of sulfonamides is 1. The number of carbonyl (C=O) groups is 2. The number of hydrogen-bond donors (Lipinski definition) is 2. The third-order valence-corrected chi connectivity index (χ3v) is 6.97. The van der Waals surface area contributed by atoms with Crippen LogP contribution in [-0.2, 0) is 10.0 Å². The molecule has 3 aromatic carbocycles. The van der Waals surface area contributed by atoms with E-state index in [4.69, 9.17) is 0 Å². The number of nitrogens with one attached hydrogen (secondary N) is 2. The zero-order valence-electron chi connectivity index (χ0n) is 17.4. The molecule has 0 atom stereocenters. The monoisotopic (exact) mass is 450 g/mol. The maximum atomic E-state index is 12.9. The Bertz CT molecular complexity index is 1240. The van der Waals surface area contributed by atoms with Gasteiger partial charge in [-0.1, -0.05) is 24.3 Å². The number of amides is 3. The number of rotatable bonds is 6. The van der Waals surface area contributed by atoms with E-state index in [1.54, 1.807) is 53.4 Å². The first-order valence-corrected chi connectivity index (χ1v) is 11.4. The van der Waals surface area contributed by atoms with Gasteiger partial charge < -0.3 is 10.6 Å². The SMILES string of the molecule is CN(c1ccccc1)S(=O)(=O)c1ccc(C(=O)Nc2cccc(N3CCNC3=O)c2)cc1. The molecular formula is C23H22N4O4S. The minimum Gasteiger partial charge on any atom is -0.336 e. The van der Waals surface area contributed by atoms with Gasteiger partial charge in [0.25, 0.3) is 15.9 Å². The van der Waals surface area contributed by atoms with Crippen molar-refractivity contribution in [3.63, 3.8) is 0 Å². The highest BCUT2D eigenvalue weighted by Crippen LogP contribution is 2.23. The summed E-state index contributed by atoms with van der Waals surface area (Å²) in [7, 11) is -2.27. The Hall–Kier alpha value is -3.85. The van der Waals surface area contributed by atoms with Crippen LogP contribution >= 0.6 is 0 Å². The van der Waals surface area contributed by atoms with E-state index in [9.17, 15) is 18.0 Å². The summed E-state index contributed by atoms with van der Waals surface area (Å²) in [4.78, 5) is 26.2. The van der Waals surface area contributed by atoms with Crippen LogP contribution < -0.4 is 19.8 Å². The molecule has 0 radical (unpaired) electrons. The number of anilines is 3. The minimum absolute atomic E-state index is 0.0856. The summed E-state index contributed by atoms with van der Waals surface area (Å²) in [5.74, 6) is -0.381. The second-order valence-electron chi connectivity index (χ2n) is 7.22. The van der Waals surface area contributed by atoms with Gasteiger partial charge >= 0.3 is 6.03 Å². The predicted molar refractivity (Wildman–Crippen MR) is 124 cm³/mol. The molecule has 0 unspecified atom stereocenters. The van der Waals surface area contributed by atoms with Gasteiger partial charge in [0.15, 0.2) is 0 Å². The first kappa shape index (κ1) is 21.4. The molecule has 1 aliphatic heterocycles. The molecule has 9 heteroatoms. The quantitative estimate of drug-likeness (QED) is 0.602. The largest absolute Gasteiger partial charge is 0.336 e. The molecule has 1 fully saturated rings. The molecule has 1 aliphatic rings. The molecule has 3 amide bonds. The number of hydrogen-bond acceptors (Lipinski definition) is 4. The van der Waals surface area contributed by atoms with Crippen molar-refractivity contribution in [3.8, 4) is 0 Å². The van der Waals surface area contributed by atoms with E-state index in [0.29, 0.717) is 35.7 Å². The van der Waals surface area contributed by atoms with Gasteiger partial charge in [-0.2, -0.15) is 0 Å². The van der Waals surface area contributed by atoms with Gasteiger partial charge in [0, 0.05) is 37.1 Å². The highest BCUT2D eigenvalue weighted by Gasteiger charge is 2.23. The van der Waals surface area contributed by atoms with Crippen LogP contribution in [0.15, 0.2) is 83.8 Å². The molecule has 0 aliphatic carbocycles. The van der Waals surface area contributed by atoms with E-state index < -0.39 is 10.0 Å². The van der Waals surface area contributed by atoms with Crippen LogP contribution in [0.2, 0.25) is 0 Å². The zero-order valence-corrected chi connectivity index (χ0v) is 18.2. The molecule has 0 bridgehead atoms. The summed E-state index contributed by atoms with van der Waals surface area (Å²) in [5, 5.41) is 5.52. The van der Waals surface area contributed by atoms with Gasteiger partial charge in [-0.15, -0.1) is 0 Å². The summed E-state index contributed by atoms with van der Waals surface area (Å²) in [6.45, 7) is 1.13. The topological polar surface area (TPSA) is 98.8 Å². The lowest BCUT2D eigenvalue weighted by Crippen LogP contribution is -2.27. The van der Waals surface area contributed by atoms with Crippen LogP contribution in [0, 0.1) is 0 Å². The highest BCUT2D eigenvalue weighted by atomic mass is 32.2. The van der Waals surface area contributed by atoms with E-state index in [2.05, 4.69) is 10.6 Å². The molecule has 0 spiro atoms. The van der Waals surface area contributed by atoms with Gasteiger partial charge in [-0.3, -0.25) is 14.0 Å². The van der Waals surface area contributed by atoms with Crippen LogP contribution in [0.3, 0.4) is 0 Å². The van der Waals surface area contributed by atoms with Crippen molar-refractivity contribution in [1.82, 2.24) is 5.32 Å². The third kappa shape index (κ3) is 4.28. The van der Waals surface area contributed by atoms with Gasteiger partial charge in [0.2, 0.25) is 0 Å². The van der Waals surface area contributed by atoms with Crippen molar-refractivity contribution < 1.29 is 18.0 Å². The van der Waals surface area contributed by atoms with E-state index in [1.807, 2.05) is 6.07 Å². The summed E-state index contributed by atoms with van der Waals surface area (Å²) in [6, 6.07) is 21.3. The van der Waals surface area contributed by atoms with Gasteiger partial charge in [0.1, 0.15) is 0 Å². The van der Waals surface area contributed by atoms with Crippen molar-refractivity contribution in [2.75, 3.05) is 34.7 Å². The fraction of sp³-hybridized carbons (Fsp3) is 0.130. The Morgan fingerprint density at radius 3 is 2.38 bits per heavy atom. The zero-order chi connectivity index (χ0) is 22.7. The predicted octanol–water partition coefficient (Wildman–Crippen LogP) is 3.29. The molecule has 8 nitrogen and oxygen atoms in total. The molecule has 32 heavy (non-hydrogen) atoms. The Morgan fingerprint density at radius 1 is 1.00 bits per heavy atom. The van der Waals surface area contributed by atoms with E-state index in [1.165, 1.54) is 35.6 Å². The maximum Gasteiger partial charge on any atom is 0.321 e. The summed E-state index contributed by atoms with van der Waals surface area (Å²) >= 11 is 0. The molecule has 0 aromatic heterocycles. The second-order valence-corrected chi connectivity index (χ2v) is 9.19. The smallest absolute Gasteiger partial charge is 0.321 e. The van der Waals surface area contributed by atoms with Gasteiger partial charge in [0.05, 0.1) is 10.6 Å². The van der Waals surface area contributed by atoms with Crippen LogP contribution in [-0.4, -0.2) is 40.5 Å². The number of carbonyl (C=O) groups excluding carboxylic acids is 2. The van der Waals surface area contributed by atoms with Crippen molar-refractivity contribution in [2.45, 2.75) is 4.90 Å². The number of para-hydroxylation sites is 1. The first-order valence-electron chi connectivity index (χ1n) is 9.97. The number of nitrogens with zero attached hydrogens (tertiary/aromatic N) is 2. The highest BCUT2D eigenvalue weighted by molar-refractivity contribution is 7.92. The van der Waals surface area contributed by atoms with Crippen LogP contribution in [0.1, 0.15) is 10.4 Å². The fourth-order valence-corrected chi connectivity index (χ4v) is 4.58. The standard InChI is InChI=1S/C23H22N4O4S/c1-26(19-7-3-2-4-8-19)32(30,31)21-12-10-17(11-13-21)22(28)25-18-6-5-9-20(16-18)27-15-14-24-23(27)29/h2-13,16H,14-15H2,1H3,(H,24,29)(H,25,28). The summed E-state index contributed by atoms with van der Waals surface area (Å²) < 4.78 is 27.0. The van der Waals surface area contributed by atoms with Crippen LogP contribution in [0.4, 0.5) is 21.9 Å². The van der Waals surface area contributed by atoms with Crippen molar-refractivity contribution in [3.05, 3.63) is 84.4 Å². The third-order valence-electron chi connectivity index (χ3n) is 5.17. The molecule has 4 rings (SSSR count). The fourth-order valence-electron chi connectivity index (χ4n) is 3.39. The van der Waals surface area contributed by atoms with Crippen LogP contribution in [0.25, 0.3) is 0 Å². The Labute approximate surface area is 186 Å². The van der Waals surface area contributed by atoms with Crippen molar-refractivity contribution in [2.24, 2.45) is 0 Å². The number of benzene rings is 3. The molecule has 3 aromatic rings. The summed E-state index contributed by atoms with van der Waals surface area (Å²) in [5.41, 5.74) is 2.08. The van der Waals surface area contributed by atoms with Crippen molar-refractivity contribution in [1.29, 1.82) is 0 Å². The molecule has 0 saturated carbocycles. The first-order chi connectivity index (χ1) is 15.4. The number of urea groups is 1.